The third-order valence-corrected chi connectivity index (χ3v) is 4.62. The van der Waals surface area contributed by atoms with Crippen molar-refractivity contribution in [2.24, 2.45) is 5.92 Å². The van der Waals surface area contributed by atoms with E-state index in [1.54, 1.807) is 23.2 Å². The zero-order valence-electron chi connectivity index (χ0n) is 13.0. The van der Waals surface area contributed by atoms with Crippen LogP contribution in [0.5, 0.6) is 0 Å². The van der Waals surface area contributed by atoms with Crippen LogP contribution in [0.4, 0.5) is 4.39 Å². The minimum absolute atomic E-state index is 0.0119. The maximum absolute atomic E-state index is 13.0. The highest BCUT2D eigenvalue weighted by molar-refractivity contribution is 5.89. The van der Waals surface area contributed by atoms with E-state index in [1.165, 1.54) is 12.1 Å². The first-order valence-electron chi connectivity index (χ1n) is 7.93. The van der Waals surface area contributed by atoms with Gasteiger partial charge in [-0.1, -0.05) is 12.1 Å². The zero-order valence-corrected chi connectivity index (χ0v) is 13.0. The SMILES string of the molecule is O=C1C[C@@H](C(=O)N2Cc3cnn(Cc4ccc(F)cc4)c3C2)CN1. The summed E-state index contributed by atoms with van der Waals surface area (Å²) in [5.41, 5.74) is 2.99. The van der Waals surface area contributed by atoms with Crippen LogP contribution >= 0.6 is 0 Å². The van der Waals surface area contributed by atoms with E-state index in [4.69, 9.17) is 0 Å². The van der Waals surface area contributed by atoms with Crippen LogP contribution in [0.3, 0.4) is 0 Å². The number of carbonyl (C=O) groups excluding carboxylic acids is 2. The Labute approximate surface area is 138 Å². The number of nitrogens with one attached hydrogen (secondary N) is 1. The van der Waals surface area contributed by atoms with E-state index in [2.05, 4.69) is 10.4 Å². The molecule has 24 heavy (non-hydrogen) atoms. The predicted octanol–water partition coefficient (Wildman–Crippen LogP) is 1.05. The second kappa shape index (κ2) is 5.74. The summed E-state index contributed by atoms with van der Waals surface area (Å²) in [6.07, 6.45) is 2.05. The minimum Gasteiger partial charge on any atom is -0.355 e. The van der Waals surface area contributed by atoms with Gasteiger partial charge in [-0.15, -0.1) is 0 Å². The first kappa shape index (κ1) is 14.9. The van der Waals surface area contributed by atoms with E-state index < -0.39 is 0 Å². The zero-order chi connectivity index (χ0) is 16.7. The number of amides is 2. The molecule has 0 spiro atoms. The quantitative estimate of drug-likeness (QED) is 0.916. The van der Waals surface area contributed by atoms with Gasteiger partial charge in [-0.25, -0.2) is 4.39 Å². The van der Waals surface area contributed by atoms with Gasteiger partial charge in [0.15, 0.2) is 0 Å². The molecule has 124 valence electrons. The van der Waals surface area contributed by atoms with Gasteiger partial charge in [-0.05, 0) is 17.7 Å². The van der Waals surface area contributed by atoms with Crippen LogP contribution in [0.1, 0.15) is 23.2 Å². The monoisotopic (exact) mass is 328 g/mol. The van der Waals surface area contributed by atoms with Gasteiger partial charge in [0.05, 0.1) is 30.9 Å². The number of hydrogen-bond donors (Lipinski definition) is 1. The Bertz CT molecular complexity index is 799. The molecule has 2 aliphatic rings. The van der Waals surface area contributed by atoms with Crippen molar-refractivity contribution in [2.75, 3.05) is 6.54 Å². The van der Waals surface area contributed by atoms with Crippen LogP contribution in [0.25, 0.3) is 0 Å². The smallest absolute Gasteiger partial charge is 0.228 e. The Balaban J connectivity index is 1.47. The van der Waals surface area contributed by atoms with Gasteiger partial charge < -0.3 is 10.2 Å². The first-order chi connectivity index (χ1) is 11.6. The van der Waals surface area contributed by atoms with E-state index in [1.807, 2.05) is 4.68 Å². The molecule has 6 nitrogen and oxygen atoms in total. The largest absolute Gasteiger partial charge is 0.355 e. The van der Waals surface area contributed by atoms with E-state index >= 15 is 0 Å². The summed E-state index contributed by atoms with van der Waals surface area (Å²) in [5, 5.41) is 7.08. The standard InChI is InChI=1S/C17H17FN4O2/c18-14-3-1-11(2-4-14)8-22-15-10-21(9-13(15)7-20-22)17(24)12-5-16(23)19-6-12/h1-4,7,12H,5-6,8-10H2,(H,19,23)/t12-/m1/s1. The summed E-state index contributed by atoms with van der Waals surface area (Å²) in [6.45, 7) is 2.00. The van der Waals surface area contributed by atoms with Crippen molar-refractivity contribution in [3.8, 4) is 0 Å². The average Bonchev–Trinajstić information content (AvgIpc) is 3.26. The number of benzene rings is 1. The van der Waals surface area contributed by atoms with Crippen LogP contribution in [-0.4, -0.2) is 33.0 Å². The van der Waals surface area contributed by atoms with E-state index in [0.29, 0.717) is 26.2 Å². The molecule has 1 fully saturated rings. The van der Waals surface area contributed by atoms with Crippen molar-refractivity contribution in [1.82, 2.24) is 20.0 Å². The Hall–Kier alpha value is -2.70. The fourth-order valence-corrected chi connectivity index (χ4v) is 3.30. The highest BCUT2D eigenvalue weighted by Gasteiger charge is 2.35. The van der Waals surface area contributed by atoms with Gasteiger partial charge in [0.2, 0.25) is 11.8 Å². The molecular formula is C17H17FN4O2. The Morgan fingerprint density at radius 1 is 1.29 bits per heavy atom. The molecular weight excluding hydrogens is 311 g/mol. The molecule has 7 heteroatoms. The van der Waals surface area contributed by atoms with Crippen LogP contribution in [0.2, 0.25) is 0 Å². The fraction of sp³-hybridized carbons (Fsp3) is 0.353. The number of aromatic nitrogens is 2. The number of hydrogen-bond acceptors (Lipinski definition) is 3. The predicted molar refractivity (Wildman–Crippen MR) is 83.1 cm³/mol. The van der Waals surface area contributed by atoms with E-state index in [0.717, 1.165) is 16.8 Å². The van der Waals surface area contributed by atoms with Crippen LogP contribution < -0.4 is 5.32 Å². The fourth-order valence-electron chi connectivity index (χ4n) is 3.30. The Kier molecular flexibility index (Phi) is 3.55. The molecule has 2 aromatic rings. The molecule has 1 saturated heterocycles. The third-order valence-electron chi connectivity index (χ3n) is 4.62. The van der Waals surface area contributed by atoms with E-state index in [9.17, 15) is 14.0 Å². The van der Waals surface area contributed by atoms with Gasteiger partial charge in [-0.3, -0.25) is 14.3 Å². The lowest BCUT2D eigenvalue weighted by Crippen LogP contribution is -2.33. The molecule has 2 amide bonds. The molecule has 3 heterocycles. The molecule has 4 rings (SSSR count). The van der Waals surface area contributed by atoms with Crippen LogP contribution in [0, 0.1) is 11.7 Å². The molecule has 0 bridgehead atoms. The lowest BCUT2D eigenvalue weighted by molar-refractivity contribution is -0.136. The number of halogens is 1. The average molecular weight is 328 g/mol. The van der Waals surface area contributed by atoms with Crippen LogP contribution in [-0.2, 0) is 29.2 Å². The highest BCUT2D eigenvalue weighted by atomic mass is 19.1. The number of rotatable bonds is 3. The molecule has 2 aliphatic heterocycles. The van der Waals surface area contributed by atoms with Crippen molar-refractivity contribution in [3.05, 3.63) is 53.1 Å². The van der Waals surface area contributed by atoms with Gasteiger partial charge >= 0.3 is 0 Å². The summed E-state index contributed by atoms with van der Waals surface area (Å²) >= 11 is 0. The number of carbonyl (C=O) groups is 2. The molecule has 0 unspecified atom stereocenters. The van der Waals surface area contributed by atoms with Crippen molar-refractivity contribution in [1.29, 1.82) is 0 Å². The number of fused-ring (bicyclic) bond motifs is 1. The molecule has 0 aliphatic carbocycles. The highest BCUT2D eigenvalue weighted by Crippen LogP contribution is 2.26. The Morgan fingerprint density at radius 2 is 2.08 bits per heavy atom. The third kappa shape index (κ3) is 2.66. The van der Waals surface area contributed by atoms with Gasteiger partial charge in [0, 0.05) is 25.1 Å². The summed E-state index contributed by atoms with van der Waals surface area (Å²) in [7, 11) is 0. The summed E-state index contributed by atoms with van der Waals surface area (Å²) in [5.74, 6) is -0.577. The summed E-state index contributed by atoms with van der Waals surface area (Å²) < 4.78 is 14.9. The summed E-state index contributed by atoms with van der Waals surface area (Å²) in [4.78, 5) is 25.6. The van der Waals surface area contributed by atoms with Crippen molar-refractivity contribution in [3.63, 3.8) is 0 Å². The second-order valence-electron chi connectivity index (χ2n) is 6.30. The topological polar surface area (TPSA) is 67.2 Å². The van der Waals surface area contributed by atoms with Crippen LogP contribution in [0.15, 0.2) is 30.5 Å². The normalized spacial score (nSPS) is 19.5. The maximum atomic E-state index is 13.0. The number of nitrogens with zero attached hydrogens (tertiary/aromatic N) is 3. The van der Waals surface area contributed by atoms with Crippen molar-refractivity contribution in [2.45, 2.75) is 26.1 Å². The van der Waals surface area contributed by atoms with E-state index in [-0.39, 0.29) is 30.0 Å². The maximum Gasteiger partial charge on any atom is 0.228 e. The van der Waals surface area contributed by atoms with Gasteiger partial charge in [0.25, 0.3) is 0 Å². The minimum atomic E-state index is -0.264. The van der Waals surface area contributed by atoms with Crippen molar-refractivity contribution >= 4 is 11.8 Å². The lowest BCUT2D eigenvalue weighted by atomic mass is 10.1. The molecule has 0 saturated carbocycles. The van der Waals surface area contributed by atoms with Crippen molar-refractivity contribution < 1.29 is 14.0 Å². The lowest BCUT2D eigenvalue weighted by Gasteiger charge is -2.19. The van der Waals surface area contributed by atoms with Gasteiger partial charge in [0.1, 0.15) is 5.82 Å². The summed E-state index contributed by atoms with van der Waals surface area (Å²) in [6, 6.07) is 6.33. The Morgan fingerprint density at radius 3 is 2.79 bits per heavy atom. The molecule has 1 atom stereocenters. The second-order valence-corrected chi connectivity index (χ2v) is 6.30. The molecule has 1 N–H and O–H groups in total. The molecule has 1 aromatic carbocycles. The van der Waals surface area contributed by atoms with Gasteiger partial charge in [-0.2, -0.15) is 5.10 Å². The first-order valence-corrected chi connectivity index (χ1v) is 7.93. The molecule has 0 radical (unpaired) electrons. The molecule has 1 aromatic heterocycles.